The van der Waals surface area contributed by atoms with Crippen molar-refractivity contribution in [2.24, 2.45) is 16.5 Å². The summed E-state index contributed by atoms with van der Waals surface area (Å²) in [5.41, 5.74) is 3.35. The molecular weight excluding hydrogens is 376 g/mol. The lowest BCUT2D eigenvalue weighted by atomic mass is 9.81. The van der Waals surface area contributed by atoms with E-state index in [4.69, 9.17) is 9.88 Å². The number of piperidine rings is 1. The first-order chi connectivity index (χ1) is 13.3. The molecule has 2 heterocycles. The Morgan fingerprint density at radius 1 is 1.32 bits per heavy atom. The van der Waals surface area contributed by atoms with Crippen LogP contribution in [0.25, 0.3) is 10.9 Å². The predicted octanol–water partition coefficient (Wildman–Crippen LogP) is 2.34. The van der Waals surface area contributed by atoms with Gasteiger partial charge in [-0.05, 0) is 67.7 Å². The summed E-state index contributed by atoms with van der Waals surface area (Å²) in [6.45, 7) is 4.40. The first-order valence-electron chi connectivity index (χ1n) is 9.77. The van der Waals surface area contributed by atoms with Crippen molar-refractivity contribution < 1.29 is 13.2 Å². The van der Waals surface area contributed by atoms with Crippen LogP contribution in [-0.2, 0) is 10.2 Å². The van der Waals surface area contributed by atoms with Gasteiger partial charge in [-0.3, -0.25) is 4.98 Å². The maximum Gasteiger partial charge on any atom is 0.274 e. The van der Waals surface area contributed by atoms with Crippen LogP contribution in [0.4, 0.5) is 5.69 Å². The Bertz CT molecular complexity index is 980. The number of aryl methyl sites for hydroxylation is 1. The van der Waals surface area contributed by atoms with Gasteiger partial charge in [0.05, 0.1) is 12.6 Å². The Balaban J connectivity index is 1.50. The summed E-state index contributed by atoms with van der Waals surface area (Å²) in [6, 6.07) is 6.23. The number of fused-ring (bicyclic) bond motifs is 1. The summed E-state index contributed by atoms with van der Waals surface area (Å²) >= 11 is 0. The Morgan fingerprint density at radius 3 is 2.64 bits per heavy atom. The molecule has 0 amide bonds. The van der Waals surface area contributed by atoms with Crippen LogP contribution in [-0.4, -0.2) is 40.1 Å². The Morgan fingerprint density at radius 2 is 2.04 bits per heavy atom. The summed E-state index contributed by atoms with van der Waals surface area (Å²) in [7, 11) is -1.93. The summed E-state index contributed by atoms with van der Waals surface area (Å²) < 4.78 is 30.6. The zero-order valence-electron chi connectivity index (χ0n) is 16.4. The molecule has 2 fully saturated rings. The van der Waals surface area contributed by atoms with E-state index in [1.165, 1.54) is 5.69 Å². The van der Waals surface area contributed by atoms with Gasteiger partial charge in [-0.1, -0.05) is 0 Å². The number of nitrogens with two attached hydrogens (primary N) is 1. The molecular formula is C20H28N4O3S. The molecule has 7 nitrogen and oxygen atoms in total. The quantitative estimate of drug-likeness (QED) is 0.770. The third-order valence-corrected chi connectivity index (χ3v) is 7.00. The highest BCUT2D eigenvalue weighted by Crippen LogP contribution is 2.55. The number of pyridine rings is 1. The van der Waals surface area contributed by atoms with Crippen LogP contribution in [0.2, 0.25) is 0 Å². The predicted molar refractivity (Wildman–Crippen MR) is 111 cm³/mol. The van der Waals surface area contributed by atoms with Crippen molar-refractivity contribution in [1.82, 2.24) is 9.71 Å². The molecule has 1 aromatic carbocycles. The molecule has 8 heteroatoms. The molecule has 1 aromatic heterocycles. The van der Waals surface area contributed by atoms with Crippen molar-refractivity contribution >= 4 is 26.8 Å². The first-order valence-corrected chi connectivity index (χ1v) is 11.3. The number of rotatable bonds is 6. The third-order valence-electron chi connectivity index (χ3n) is 6.45. The molecule has 4 rings (SSSR count). The third kappa shape index (κ3) is 3.81. The number of hydrogen-bond donors (Lipinski definition) is 2. The van der Waals surface area contributed by atoms with Crippen LogP contribution in [0, 0.1) is 18.3 Å². The highest BCUT2D eigenvalue weighted by molar-refractivity contribution is 7.87. The highest BCUT2D eigenvalue weighted by Gasteiger charge is 2.49. The van der Waals surface area contributed by atoms with Gasteiger partial charge in [-0.2, -0.15) is 8.42 Å². The normalized spacial score (nSPS) is 19.8. The summed E-state index contributed by atoms with van der Waals surface area (Å²) in [4.78, 5) is 6.94. The molecule has 0 unspecified atom stereocenters. The number of aromatic nitrogens is 1. The zero-order valence-corrected chi connectivity index (χ0v) is 17.3. The van der Waals surface area contributed by atoms with Crippen molar-refractivity contribution in [3.63, 3.8) is 0 Å². The molecule has 2 aliphatic rings. The molecule has 1 saturated heterocycles. The molecule has 3 N–H and O–H groups in total. The van der Waals surface area contributed by atoms with Gasteiger partial charge in [0.2, 0.25) is 0 Å². The van der Waals surface area contributed by atoms with E-state index in [0.717, 1.165) is 61.0 Å². The van der Waals surface area contributed by atoms with Gasteiger partial charge in [-0.25, -0.2) is 9.86 Å². The SMILES string of the molecule is COc1cc2c(N3CCC(C4(CNS(N)(=O)=O)CC4)CC3)ccnc2cc1C. The Labute approximate surface area is 166 Å². The molecule has 1 aliphatic carbocycles. The van der Waals surface area contributed by atoms with E-state index in [1.54, 1.807) is 7.11 Å². The van der Waals surface area contributed by atoms with Crippen molar-refractivity contribution in [1.29, 1.82) is 0 Å². The fraction of sp³-hybridized carbons (Fsp3) is 0.550. The van der Waals surface area contributed by atoms with Gasteiger partial charge >= 0.3 is 0 Å². The van der Waals surface area contributed by atoms with Gasteiger partial charge in [0.15, 0.2) is 0 Å². The van der Waals surface area contributed by atoms with E-state index < -0.39 is 10.2 Å². The average molecular weight is 405 g/mol. The topological polar surface area (TPSA) is 97.5 Å². The Hall–Kier alpha value is -1.90. The minimum absolute atomic E-state index is 0.0964. The van der Waals surface area contributed by atoms with E-state index in [0.29, 0.717) is 12.5 Å². The van der Waals surface area contributed by atoms with Crippen molar-refractivity contribution in [3.05, 3.63) is 30.0 Å². The van der Waals surface area contributed by atoms with E-state index in [2.05, 4.69) is 32.8 Å². The lowest BCUT2D eigenvalue weighted by Crippen LogP contribution is -2.42. The molecule has 0 radical (unpaired) electrons. The van der Waals surface area contributed by atoms with E-state index in [1.807, 2.05) is 13.1 Å². The van der Waals surface area contributed by atoms with Gasteiger partial charge in [0.1, 0.15) is 5.75 Å². The van der Waals surface area contributed by atoms with E-state index in [9.17, 15) is 8.42 Å². The highest BCUT2D eigenvalue weighted by atomic mass is 32.2. The molecule has 1 saturated carbocycles. The van der Waals surface area contributed by atoms with E-state index >= 15 is 0 Å². The average Bonchev–Trinajstić information content (AvgIpc) is 3.46. The van der Waals surface area contributed by atoms with Gasteiger partial charge in [-0.15, -0.1) is 0 Å². The van der Waals surface area contributed by atoms with Crippen molar-refractivity contribution in [2.45, 2.75) is 32.6 Å². The van der Waals surface area contributed by atoms with Crippen LogP contribution in [0.3, 0.4) is 0 Å². The molecule has 0 spiro atoms. The number of methoxy groups -OCH3 is 1. The van der Waals surface area contributed by atoms with Crippen LogP contribution in [0.1, 0.15) is 31.2 Å². The fourth-order valence-electron chi connectivity index (χ4n) is 4.63. The van der Waals surface area contributed by atoms with Crippen LogP contribution in [0.15, 0.2) is 24.4 Å². The minimum Gasteiger partial charge on any atom is -0.496 e. The molecule has 1 aliphatic heterocycles. The number of benzene rings is 1. The molecule has 2 aromatic rings. The summed E-state index contributed by atoms with van der Waals surface area (Å²) in [5.74, 6) is 1.41. The van der Waals surface area contributed by atoms with Gasteiger partial charge in [0, 0.05) is 36.9 Å². The van der Waals surface area contributed by atoms with Crippen molar-refractivity contribution in [3.8, 4) is 5.75 Å². The second-order valence-corrected chi connectivity index (χ2v) is 9.54. The molecule has 0 atom stereocenters. The second-order valence-electron chi connectivity index (χ2n) is 8.16. The van der Waals surface area contributed by atoms with Crippen LogP contribution < -0.4 is 19.5 Å². The minimum atomic E-state index is -3.62. The summed E-state index contributed by atoms with van der Waals surface area (Å²) in [5, 5.41) is 6.23. The maximum absolute atomic E-state index is 11.3. The number of hydrogen-bond acceptors (Lipinski definition) is 5. The van der Waals surface area contributed by atoms with Gasteiger partial charge < -0.3 is 9.64 Å². The standard InChI is InChI=1S/C20H28N4O3S/c1-14-11-17-16(12-19(14)27-2)18(3-8-22-17)24-9-4-15(5-10-24)20(6-7-20)13-23-28(21,25)26/h3,8,11-12,15,23H,4-7,9-10,13H2,1-2H3,(H2,21,25,26). The lowest BCUT2D eigenvalue weighted by molar-refractivity contribution is 0.253. The van der Waals surface area contributed by atoms with Crippen LogP contribution >= 0.6 is 0 Å². The molecule has 28 heavy (non-hydrogen) atoms. The zero-order chi connectivity index (χ0) is 19.9. The number of anilines is 1. The number of ether oxygens (including phenoxy) is 1. The largest absolute Gasteiger partial charge is 0.496 e. The Kier molecular flexibility index (Phi) is 4.97. The lowest BCUT2D eigenvalue weighted by Gasteiger charge is -2.38. The van der Waals surface area contributed by atoms with E-state index in [-0.39, 0.29) is 5.41 Å². The summed E-state index contributed by atoms with van der Waals surface area (Å²) in [6.07, 6.45) is 6.13. The number of nitrogens with one attached hydrogen (secondary N) is 1. The molecule has 152 valence electrons. The fourth-order valence-corrected chi connectivity index (χ4v) is 5.11. The molecule has 0 bridgehead atoms. The first kappa shape index (κ1) is 19.4. The second kappa shape index (κ2) is 7.17. The smallest absolute Gasteiger partial charge is 0.274 e. The van der Waals surface area contributed by atoms with Crippen LogP contribution in [0.5, 0.6) is 5.75 Å². The van der Waals surface area contributed by atoms with Gasteiger partial charge in [0.25, 0.3) is 10.2 Å². The maximum atomic E-state index is 11.3. The monoisotopic (exact) mass is 404 g/mol. The van der Waals surface area contributed by atoms with Crippen molar-refractivity contribution in [2.75, 3.05) is 31.6 Å². The number of nitrogens with zero attached hydrogens (tertiary/aromatic N) is 2.